The van der Waals surface area contributed by atoms with Crippen molar-refractivity contribution in [3.8, 4) is 22.4 Å². The molecule has 2 aliphatic rings. The summed E-state index contributed by atoms with van der Waals surface area (Å²) in [6, 6.07) is 33.6. The number of benzene rings is 4. The maximum Gasteiger partial charge on any atom is 0.408 e. The quantitative estimate of drug-likeness (QED) is 0.124. The van der Waals surface area contributed by atoms with E-state index in [1.54, 1.807) is 49.9 Å². The zero-order valence-electron chi connectivity index (χ0n) is 33.6. The van der Waals surface area contributed by atoms with Crippen molar-refractivity contribution in [1.29, 1.82) is 0 Å². The first-order chi connectivity index (χ1) is 27.9. The fourth-order valence-electron chi connectivity index (χ4n) is 7.89. The Labute approximate surface area is 340 Å². The summed E-state index contributed by atoms with van der Waals surface area (Å²) in [5.74, 6) is 0.143. The molecule has 4 atom stereocenters. The van der Waals surface area contributed by atoms with Gasteiger partial charge in [-0.1, -0.05) is 109 Å². The zero-order valence-corrected chi connectivity index (χ0v) is 33.6. The molecule has 3 heterocycles. The lowest BCUT2D eigenvalue weighted by molar-refractivity contribution is -0.140. The van der Waals surface area contributed by atoms with Crippen molar-refractivity contribution in [2.75, 3.05) is 13.1 Å². The standard InChI is InChI=1S/C47H52N6O5/c1-31(33-13-7-5-8-14-33)44(55)52-27-11-17-39(52)42-48-30-38(50-42)36-25-23-35(24-26-36)34-21-19-32(20-22-34)29-49-43(54)40-18-12-28-53(40)45(56)41(37-15-9-6-10-16-37)51-46(57)58-47(2,3)4/h5-10,13-16,19-26,30-31,39-41H,11-12,17-18,27-29H2,1-4H3,(H,48,50)(H,49,54)(H,51,57)/t31-,39+,40+,41-/m1/s1. The van der Waals surface area contributed by atoms with Crippen molar-refractivity contribution < 1.29 is 23.9 Å². The molecule has 2 fully saturated rings. The molecule has 2 aliphatic heterocycles. The van der Waals surface area contributed by atoms with Crippen LogP contribution in [0.15, 0.2) is 115 Å². The summed E-state index contributed by atoms with van der Waals surface area (Å²) in [6.07, 6.45) is 4.19. The van der Waals surface area contributed by atoms with E-state index in [9.17, 15) is 19.2 Å². The molecule has 0 aliphatic carbocycles. The Morgan fingerprint density at radius 3 is 2.00 bits per heavy atom. The number of nitrogens with zero attached hydrogens (tertiary/aromatic N) is 3. The Morgan fingerprint density at radius 2 is 1.34 bits per heavy atom. The van der Waals surface area contributed by atoms with Crippen LogP contribution in [-0.4, -0.2) is 68.3 Å². The number of aromatic nitrogens is 2. The zero-order chi connectivity index (χ0) is 40.8. The number of ether oxygens (including phenoxy) is 1. The molecule has 7 rings (SSSR count). The second-order valence-electron chi connectivity index (χ2n) is 16.2. The molecule has 2 saturated heterocycles. The highest BCUT2D eigenvalue weighted by Gasteiger charge is 2.39. The van der Waals surface area contributed by atoms with E-state index in [1.165, 1.54) is 0 Å². The average Bonchev–Trinajstić information content (AvgIpc) is 4.04. The third kappa shape index (κ3) is 9.31. The SMILES string of the molecule is C[C@@H](C(=O)N1CCC[C@H]1c1ncc(-c2ccc(-c3ccc(CNC(=O)[C@@H]4CCCN4C(=O)[C@H](NC(=O)OC(C)(C)C)c4ccccc4)cc3)cc2)[nH]1)c1ccccc1. The summed E-state index contributed by atoms with van der Waals surface area (Å²) in [5.41, 5.74) is 5.83. The number of imidazole rings is 1. The number of aromatic amines is 1. The summed E-state index contributed by atoms with van der Waals surface area (Å²) in [6.45, 7) is 8.72. The van der Waals surface area contributed by atoms with Gasteiger partial charge in [0, 0.05) is 19.6 Å². The number of amides is 4. The van der Waals surface area contributed by atoms with Gasteiger partial charge in [0.05, 0.1) is 23.9 Å². The smallest absolute Gasteiger partial charge is 0.408 e. The molecule has 11 heteroatoms. The normalized spacial score (nSPS) is 17.7. The van der Waals surface area contributed by atoms with Crippen LogP contribution in [0.2, 0.25) is 0 Å². The van der Waals surface area contributed by atoms with Crippen molar-refractivity contribution in [3.05, 3.63) is 138 Å². The third-order valence-electron chi connectivity index (χ3n) is 10.9. The van der Waals surface area contributed by atoms with Crippen molar-refractivity contribution in [3.63, 3.8) is 0 Å². The van der Waals surface area contributed by atoms with Gasteiger partial charge in [0.15, 0.2) is 0 Å². The van der Waals surface area contributed by atoms with Gasteiger partial charge in [0.1, 0.15) is 23.5 Å². The van der Waals surface area contributed by atoms with Crippen LogP contribution in [-0.2, 0) is 25.7 Å². The van der Waals surface area contributed by atoms with Crippen LogP contribution in [0.1, 0.15) is 93.9 Å². The summed E-state index contributed by atoms with van der Waals surface area (Å²) >= 11 is 0. The molecule has 0 bridgehead atoms. The minimum absolute atomic E-state index is 0.0744. The highest BCUT2D eigenvalue weighted by Crippen LogP contribution is 2.35. The van der Waals surface area contributed by atoms with E-state index in [4.69, 9.17) is 9.72 Å². The lowest BCUT2D eigenvalue weighted by Gasteiger charge is -2.29. The van der Waals surface area contributed by atoms with Gasteiger partial charge in [0.25, 0.3) is 5.91 Å². The number of hydrogen-bond acceptors (Lipinski definition) is 6. The van der Waals surface area contributed by atoms with Crippen molar-refractivity contribution in [1.82, 2.24) is 30.4 Å². The van der Waals surface area contributed by atoms with E-state index in [2.05, 4.69) is 39.9 Å². The van der Waals surface area contributed by atoms with Crippen molar-refractivity contribution in [2.45, 2.75) is 89.6 Å². The number of carbonyl (C=O) groups excluding carboxylic acids is 4. The molecule has 0 unspecified atom stereocenters. The van der Waals surface area contributed by atoms with Gasteiger partial charge in [0.2, 0.25) is 11.8 Å². The minimum Gasteiger partial charge on any atom is -0.444 e. The highest BCUT2D eigenvalue weighted by molar-refractivity contribution is 5.92. The van der Waals surface area contributed by atoms with Gasteiger partial charge in [-0.3, -0.25) is 14.4 Å². The number of alkyl carbamates (subject to hydrolysis) is 1. The summed E-state index contributed by atoms with van der Waals surface area (Å²) in [7, 11) is 0. The maximum atomic E-state index is 13.9. The Bertz CT molecular complexity index is 2200. The van der Waals surface area contributed by atoms with Crippen molar-refractivity contribution >= 4 is 23.8 Å². The van der Waals surface area contributed by atoms with E-state index in [0.29, 0.717) is 31.5 Å². The molecular weight excluding hydrogens is 729 g/mol. The number of nitrogens with one attached hydrogen (secondary N) is 3. The topological polar surface area (TPSA) is 137 Å². The van der Waals surface area contributed by atoms with Crippen LogP contribution in [0.4, 0.5) is 4.79 Å². The number of hydrogen-bond donors (Lipinski definition) is 3. The summed E-state index contributed by atoms with van der Waals surface area (Å²) in [4.78, 5) is 65.4. The van der Waals surface area contributed by atoms with E-state index >= 15 is 0 Å². The summed E-state index contributed by atoms with van der Waals surface area (Å²) < 4.78 is 5.45. The maximum absolute atomic E-state index is 13.9. The monoisotopic (exact) mass is 780 g/mol. The first-order valence-corrected chi connectivity index (χ1v) is 20.2. The molecular formula is C47H52N6O5. The molecule has 58 heavy (non-hydrogen) atoms. The van der Waals surface area contributed by atoms with Gasteiger partial charge in [-0.25, -0.2) is 9.78 Å². The van der Waals surface area contributed by atoms with Crippen LogP contribution < -0.4 is 10.6 Å². The number of likely N-dealkylation sites (tertiary alicyclic amines) is 2. The molecule has 11 nitrogen and oxygen atoms in total. The van der Waals surface area contributed by atoms with E-state index in [1.807, 2.05) is 78.7 Å². The van der Waals surface area contributed by atoms with E-state index in [0.717, 1.165) is 58.7 Å². The minimum atomic E-state index is -0.989. The van der Waals surface area contributed by atoms with Crippen LogP contribution in [0.25, 0.3) is 22.4 Å². The van der Waals surface area contributed by atoms with Crippen LogP contribution in [0.5, 0.6) is 0 Å². The predicted molar refractivity (Wildman–Crippen MR) is 223 cm³/mol. The Balaban J connectivity index is 0.946. The van der Waals surface area contributed by atoms with Crippen LogP contribution >= 0.6 is 0 Å². The fourth-order valence-corrected chi connectivity index (χ4v) is 7.89. The van der Waals surface area contributed by atoms with Crippen LogP contribution in [0, 0.1) is 0 Å². The van der Waals surface area contributed by atoms with Gasteiger partial charge in [-0.05, 0) is 86.8 Å². The molecule has 300 valence electrons. The largest absolute Gasteiger partial charge is 0.444 e. The first kappa shape index (κ1) is 40.0. The Morgan fingerprint density at radius 1 is 0.759 bits per heavy atom. The molecule has 4 amide bonds. The van der Waals surface area contributed by atoms with E-state index < -0.39 is 23.8 Å². The second kappa shape index (κ2) is 17.5. The lowest BCUT2D eigenvalue weighted by atomic mass is 9.99. The van der Waals surface area contributed by atoms with Crippen molar-refractivity contribution in [2.24, 2.45) is 0 Å². The second-order valence-corrected chi connectivity index (χ2v) is 16.2. The first-order valence-electron chi connectivity index (χ1n) is 20.2. The fraction of sp³-hybridized carbons (Fsp3) is 0.340. The molecule has 3 N–H and O–H groups in total. The van der Waals surface area contributed by atoms with E-state index in [-0.39, 0.29) is 29.7 Å². The Hall–Kier alpha value is -6.23. The van der Waals surface area contributed by atoms with Gasteiger partial charge >= 0.3 is 6.09 Å². The van der Waals surface area contributed by atoms with Crippen LogP contribution in [0.3, 0.4) is 0 Å². The molecule has 0 radical (unpaired) electrons. The van der Waals surface area contributed by atoms with Gasteiger partial charge < -0.3 is 30.2 Å². The predicted octanol–water partition coefficient (Wildman–Crippen LogP) is 8.08. The molecule has 0 saturated carbocycles. The average molecular weight is 781 g/mol. The number of H-pyrrole nitrogens is 1. The molecule has 4 aromatic carbocycles. The van der Waals surface area contributed by atoms with Gasteiger partial charge in [-0.2, -0.15) is 0 Å². The summed E-state index contributed by atoms with van der Waals surface area (Å²) in [5, 5.41) is 5.77. The Kier molecular flexibility index (Phi) is 12.1. The number of carbonyl (C=O) groups is 4. The molecule has 5 aromatic rings. The lowest BCUT2D eigenvalue weighted by Crippen LogP contribution is -2.50. The van der Waals surface area contributed by atoms with Gasteiger partial charge in [-0.15, -0.1) is 0 Å². The molecule has 0 spiro atoms. The highest BCUT2D eigenvalue weighted by atomic mass is 16.6. The number of rotatable bonds is 11. The third-order valence-corrected chi connectivity index (χ3v) is 10.9. The molecule has 1 aromatic heterocycles.